The predicted octanol–water partition coefficient (Wildman–Crippen LogP) is 12.2. The Balaban J connectivity index is 0.000000347. The van der Waals surface area contributed by atoms with Crippen molar-refractivity contribution in [3.05, 3.63) is 103 Å². The monoisotopic (exact) mass is 880 g/mol. The van der Waals surface area contributed by atoms with Crippen LogP contribution < -0.4 is 4.57 Å². The maximum Gasteiger partial charge on any atom is 0.164 e. The minimum absolute atomic E-state index is 0. The van der Waals surface area contributed by atoms with Crippen molar-refractivity contribution < 1.29 is 39.0 Å². The molecule has 5 aromatic rings. The van der Waals surface area contributed by atoms with Crippen molar-refractivity contribution >= 4 is 27.5 Å². The Morgan fingerprint density at radius 2 is 1.58 bits per heavy atom. The van der Waals surface area contributed by atoms with Crippen molar-refractivity contribution in [2.24, 2.45) is 16.7 Å². The summed E-state index contributed by atoms with van der Waals surface area (Å²) in [6.07, 6.45) is 9.39. The smallest absolute Gasteiger partial charge is 0.164 e. The molecule has 0 saturated heterocycles. The summed E-state index contributed by atoms with van der Waals surface area (Å²) in [4.78, 5) is 17.2. The van der Waals surface area contributed by atoms with Crippen LogP contribution in [0.2, 0.25) is 0 Å². The van der Waals surface area contributed by atoms with Gasteiger partial charge in [-0.2, -0.15) is 0 Å². The second-order valence-electron chi connectivity index (χ2n) is 16.0. The van der Waals surface area contributed by atoms with Gasteiger partial charge in [-0.25, -0.2) is 4.98 Å². The van der Waals surface area contributed by atoms with E-state index in [2.05, 4.69) is 96.3 Å². The van der Waals surface area contributed by atoms with E-state index in [9.17, 15) is 9.90 Å². The van der Waals surface area contributed by atoms with Gasteiger partial charge in [0.2, 0.25) is 0 Å². The van der Waals surface area contributed by atoms with E-state index >= 15 is 0 Å². The number of allylic oxidation sites excluding steroid dienone is 2. The van der Waals surface area contributed by atoms with E-state index in [1.165, 1.54) is 17.0 Å². The first kappa shape index (κ1) is 42.7. The number of ketones is 1. The zero-order chi connectivity index (χ0) is 37.7. The quantitative estimate of drug-likeness (QED) is 0.0621. The summed E-state index contributed by atoms with van der Waals surface area (Å²) < 4.78 is 7.68. The van der Waals surface area contributed by atoms with Gasteiger partial charge in [0, 0.05) is 49.4 Å². The van der Waals surface area contributed by atoms with E-state index < -0.39 is 0 Å². The molecule has 2 aromatic carbocycles. The van der Waals surface area contributed by atoms with Gasteiger partial charge in [-0.3, -0.25) is 4.79 Å². The van der Waals surface area contributed by atoms with E-state index in [-0.39, 0.29) is 47.9 Å². The fourth-order valence-corrected chi connectivity index (χ4v) is 6.31. The number of hydrogen-bond acceptors (Lipinski definition) is 4. The molecule has 52 heavy (non-hydrogen) atoms. The second-order valence-corrected chi connectivity index (χ2v) is 16.0. The number of furan rings is 1. The number of benzene rings is 2. The molecule has 0 bridgehead atoms. The summed E-state index contributed by atoms with van der Waals surface area (Å²) >= 11 is 0. The maximum absolute atomic E-state index is 12.2. The number of aliphatic hydroxyl groups excluding tert-OH is 1. The molecule has 0 spiro atoms. The average Bonchev–Trinajstić information content (AvgIpc) is 3.59. The van der Waals surface area contributed by atoms with Crippen molar-refractivity contribution in [2.45, 2.75) is 114 Å². The topological polar surface area (TPSA) is 67.2 Å². The first-order valence-electron chi connectivity index (χ1n) is 18.7. The van der Waals surface area contributed by atoms with Crippen LogP contribution in [0.1, 0.15) is 113 Å². The van der Waals surface area contributed by atoms with Gasteiger partial charge in [-0.1, -0.05) is 105 Å². The zero-order valence-electron chi connectivity index (χ0n) is 33.2. The third-order valence-electron chi connectivity index (χ3n) is 10.9. The van der Waals surface area contributed by atoms with Gasteiger partial charge >= 0.3 is 0 Å². The molecule has 3 aromatic heterocycles. The first-order valence-corrected chi connectivity index (χ1v) is 18.7. The Hall–Kier alpha value is -3.73. The number of aliphatic hydroxyl groups is 1. The van der Waals surface area contributed by atoms with Crippen LogP contribution in [0.3, 0.4) is 0 Å². The van der Waals surface area contributed by atoms with E-state index in [1.807, 2.05) is 58.4 Å². The van der Waals surface area contributed by atoms with E-state index in [4.69, 9.17) is 9.40 Å². The van der Waals surface area contributed by atoms with Gasteiger partial charge in [0.25, 0.3) is 0 Å². The average molecular weight is 880 g/mol. The number of fused-ring (bicyclic) bond motifs is 2. The molecule has 5 rings (SSSR count). The normalized spacial score (nSPS) is 12.5. The fraction of sp³-hybridized carbons (Fsp3) is 0.435. The minimum atomic E-state index is -0.337. The Bertz CT molecular complexity index is 2010. The predicted molar refractivity (Wildman–Crippen MR) is 213 cm³/mol. The molecule has 0 atom stereocenters. The van der Waals surface area contributed by atoms with E-state index in [1.54, 1.807) is 6.26 Å². The Morgan fingerprint density at radius 1 is 0.942 bits per heavy atom. The van der Waals surface area contributed by atoms with Gasteiger partial charge in [0.05, 0.1) is 23.8 Å². The van der Waals surface area contributed by atoms with Crippen molar-refractivity contribution in [1.29, 1.82) is 0 Å². The van der Waals surface area contributed by atoms with E-state index in [0.717, 1.165) is 76.7 Å². The molecule has 0 unspecified atom stereocenters. The van der Waals surface area contributed by atoms with Crippen LogP contribution in [0.4, 0.5) is 0 Å². The summed E-state index contributed by atoms with van der Waals surface area (Å²) in [5.41, 5.74) is 6.65. The summed E-state index contributed by atoms with van der Waals surface area (Å²) in [7, 11) is 4.26. The zero-order valence-corrected chi connectivity index (χ0v) is 35.6. The Kier molecular flexibility index (Phi) is 14.3. The SMILES string of the molecule is CCC(C)(CC)C(=O)/C=C(\O)C(C)(CC)CC.[CH2-][n+]1ccc(-c2cc3ccoc3c(CC(C)C)n2)cc1-c1[c-]c2ccccc2c(C(C)(C)C)c1.[Ir]. The third-order valence-corrected chi connectivity index (χ3v) is 10.9. The molecule has 0 aliphatic rings. The van der Waals surface area contributed by atoms with Crippen LogP contribution in [0.25, 0.3) is 44.3 Å². The minimum Gasteiger partial charge on any atom is -0.512 e. The van der Waals surface area contributed by atoms with Gasteiger partial charge < -0.3 is 14.1 Å². The molecule has 0 fully saturated rings. The van der Waals surface area contributed by atoms with Gasteiger partial charge in [-0.05, 0) is 73.3 Å². The maximum atomic E-state index is 12.2. The van der Waals surface area contributed by atoms with Crippen molar-refractivity contribution in [3.8, 4) is 22.5 Å². The standard InChI is InChI=1S/C31H31N2O.C15H28O2.Ir/c1-20(2)15-28-30-23(12-14-34-30)18-27(32-28)22-11-13-33(6)29(19-22)24-16-21-9-7-8-10-25(21)26(17-24)31(3,4)5;1-7-14(5,8-2)12(16)11-13(17)15(6,9-3)10-4;/h7-14,17-20H,6,15H2,1-5H3;11,16H,7-10H2,1-6H3;/q-1;;/b;12-11-;. The summed E-state index contributed by atoms with van der Waals surface area (Å²) in [6.45, 7) is 23.3. The third kappa shape index (κ3) is 9.43. The Morgan fingerprint density at radius 3 is 2.17 bits per heavy atom. The van der Waals surface area contributed by atoms with Crippen molar-refractivity contribution in [2.75, 3.05) is 0 Å². The number of hydrogen-bond donors (Lipinski definition) is 1. The largest absolute Gasteiger partial charge is 0.512 e. The molecule has 1 N–H and O–H groups in total. The van der Waals surface area contributed by atoms with Gasteiger partial charge in [0.1, 0.15) is 11.5 Å². The number of pyridine rings is 2. The van der Waals surface area contributed by atoms with Gasteiger partial charge in [0.15, 0.2) is 11.4 Å². The summed E-state index contributed by atoms with van der Waals surface area (Å²) in [5.74, 6) is 0.779. The molecule has 3 heterocycles. The number of nitrogens with zero attached hydrogens (tertiary/aromatic N) is 2. The van der Waals surface area contributed by atoms with E-state index in [0.29, 0.717) is 5.92 Å². The van der Waals surface area contributed by atoms with Crippen LogP contribution in [-0.2, 0) is 36.7 Å². The number of carbonyl (C=O) groups excluding carboxylic acids is 1. The molecule has 0 saturated carbocycles. The number of rotatable bonds is 11. The number of carbonyl (C=O) groups is 1. The fourth-order valence-electron chi connectivity index (χ4n) is 6.31. The Labute approximate surface area is 326 Å². The summed E-state index contributed by atoms with van der Waals surface area (Å²) in [5, 5.41) is 13.6. The number of aromatic nitrogens is 2. The molecular formula is C46H59IrN2O3-. The molecular weight excluding hydrogens is 821 g/mol. The van der Waals surface area contributed by atoms with Crippen LogP contribution in [-0.4, -0.2) is 15.9 Å². The second kappa shape index (κ2) is 17.4. The molecule has 281 valence electrons. The van der Waals surface area contributed by atoms with Crippen molar-refractivity contribution in [1.82, 2.24) is 4.98 Å². The molecule has 1 radical (unpaired) electrons. The van der Waals surface area contributed by atoms with Crippen LogP contribution >= 0.6 is 0 Å². The molecule has 5 nitrogen and oxygen atoms in total. The van der Waals surface area contributed by atoms with Crippen LogP contribution in [0.5, 0.6) is 0 Å². The first-order chi connectivity index (χ1) is 24.0. The van der Waals surface area contributed by atoms with Crippen molar-refractivity contribution in [3.63, 3.8) is 0 Å². The molecule has 0 aliphatic carbocycles. The molecule has 0 amide bonds. The molecule has 6 heteroatoms. The van der Waals surface area contributed by atoms with Crippen LogP contribution in [0.15, 0.2) is 83.3 Å². The van der Waals surface area contributed by atoms with Crippen LogP contribution in [0, 0.1) is 29.9 Å². The van der Waals surface area contributed by atoms with Gasteiger partial charge in [-0.15, -0.1) is 29.1 Å². The molecule has 0 aliphatic heterocycles. The summed E-state index contributed by atoms with van der Waals surface area (Å²) in [6, 6.07) is 22.8.